The molecule has 1 N–H and O–H groups in total. The summed E-state index contributed by atoms with van der Waals surface area (Å²) in [5.74, 6) is -0.0492. The molecule has 0 radical (unpaired) electrons. The number of fused-ring (bicyclic) bond motifs is 1. The summed E-state index contributed by atoms with van der Waals surface area (Å²) in [6.45, 7) is 3.23. The van der Waals surface area contributed by atoms with Crippen LogP contribution in [0, 0.1) is 0 Å². The van der Waals surface area contributed by atoms with E-state index in [2.05, 4.69) is 29.2 Å². The average Bonchev–Trinajstić information content (AvgIpc) is 2.46. The molecule has 0 amide bonds. The summed E-state index contributed by atoms with van der Waals surface area (Å²) < 4.78 is 0. The number of rotatable bonds is 2. The van der Waals surface area contributed by atoms with E-state index < -0.39 is 0 Å². The highest BCUT2D eigenvalue weighted by atomic mass is 16.3. The molecule has 1 aliphatic rings. The third-order valence-corrected chi connectivity index (χ3v) is 3.86. The SMILES string of the molecule is CC(=O)c1ccc(N2CCc3ccccc3C2)cc1O. The average molecular weight is 267 g/mol. The first-order valence-electron chi connectivity index (χ1n) is 6.81. The second-order valence-electron chi connectivity index (χ2n) is 5.20. The Morgan fingerprint density at radius 2 is 1.90 bits per heavy atom. The fourth-order valence-electron chi connectivity index (χ4n) is 2.73. The molecule has 0 spiro atoms. The molecule has 0 aliphatic carbocycles. The van der Waals surface area contributed by atoms with Crippen molar-refractivity contribution in [3.8, 4) is 5.75 Å². The van der Waals surface area contributed by atoms with Crippen molar-refractivity contribution in [3.05, 3.63) is 59.2 Å². The molecule has 3 rings (SSSR count). The minimum atomic E-state index is -0.113. The van der Waals surface area contributed by atoms with Crippen molar-refractivity contribution in [3.63, 3.8) is 0 Å². The summed E-state index contributed by atoms with van der Waals surface area (Å²) in [7, 11) is 0. The van der Waals surface area contributed by atoms with Gasteiger partial charge in [0, 0.05) is 24.8 Å². The van der Waals surface area contributed by atoms with Crippen LogP contribution in [0.2, 0.25) is 0 Å². The highest BCUT2D eigenvalue weighted by Crippen LogP contribution is 2.29. The summed E-state index contributed by atoms with van der Waals surface area (Å²) in [5.41, 5.74) is 4.07. The fraction of sp³-hybridized carbons (Fsp3) is 0.235. The molecule has 0 unspecified atom stereocenters. The zero-order valence-corrected chi connectivity index (χ0v) is 11.5. The van der Waals surface area contributed by atoms with Crippen LogP contribution in [0.4, 0.5) is 5.69 Å². The molecule has 20 heavy (non-hydrogen) atoms. The number of carbonyl (C=O) groups excluding carboxylic acids is 1. The van der Waals surface area contributed by atoms with Crippen LogP contribution in [0.5, 0.6) is 5.75 Å². The van der Waals surface area contributed by atoms with E-state index in [1.54, 1.807) is 12.1 Å². The summed E-state index contributed by atoms with van der Waals surface area (Å²) >= 11 is 0. The van der Waals surface area contributed by atoms with Crippen molar-refractivity contribution in [1.82, 2.24) is 0 Å². The maximum atomic E-state index is 11.3. The molecule has 0 aromatic heterocycles. The van der Waals surface area contributed by atoms with Gasteiger partial charge >= 0.3 is 0 Å². The molecule has 1 heterocycles. The Bertz CT molecular complexity index is 664. The van der Waals surface area contributed by atoms with E-state index >= 15 is 0 Å². The van der Waals surface area contributed by atoms with Gasteiger partial charge in [-0.25, -0.2) is 0 Å². The Hall–Kier alpha value is -2.29. The molecule has 3 heteroatoms. The van der Waals surface area contributed by atoms with Gasteiger partial charge in [0.1, 0.15) is 5.75 Å². The predicted molar refractivity (Wildman–Crippen MR) is 79.3 cm³/mol. The number of hydrogen-bond acceptors (Lipinski definition) is 3. The van der Waals surface area contributed by atoms with Crippen LogP contribution in [0.25, 0.3) is 0 Å². The van der Waals surface area contributed by atoms with Gasteiger partial charge in [0.05, 0.1) is 5.56 Å². The van der Waals surface area contributed by atoms with Gasteiger partial charge in [-0.3, -0.25) is 4.79 Å². The van der Waals surface area contributed by atoms with Gasteiger partial charge in [-0.1, -0.05) is 24.3 Å². The minimum absolute atomic E-state index is 0.0638. The number of anilines is 1. The van der Waals surface area contributed by atoms with Gasteiger partial charge < -0.3 is 10.0 Å². The lowest BCUT2D eigenvalue weighted by Gasteiger charge is -2.31. The van der Waals surface area contributed by atoms with E-state index in [1.807, 2.05) is 6.07 Å². The number of nitrogens with zero attached hydrogens (tertiary/aromatic N) is 1. The van der Waals surface area contributed by atoms with Gasteiger partial charge in [0.2, 0.25) is 0 Å². The number of Topliss-reactive ketones (excluding diaryl/α,β-unsaturated/α-hetero) is 1. The Morgan fingerprint density at radius 1 is 1.15 bits per heavy atom. The van der Waals surface area contributed by atoms with Gasteiger partial charge in [0.25, 0.3) is 0 Å². The highest BCUT2D eigenvalue weighted by Gasteiger charge is 2.17. The van der Waals surface area contributed by atoms with Gasteiger partial charge in [-0.15, -0.1) is 0 Å². The van der Waals surface area contributed by atoms with Crippen molar-refractivity contribution in [2.24, 2.45) is 0 Å². The first-order valence-corrected chi connectivity index (χ1v) is 6.81. The van der Waals surface area contributed by atoms with Crippen LogP contribution in [0.15, 0.2) is 42.5 Å². The largest absolute Gasteiger partial charge is 0.507 e. The summed E-state index contributed by atoms with van der Waals surface area (Å²) in [5, 5.41) is 9.94. The second-order valence-corrected chi connectivity index (χ2v) is 5.20. The summed E-state index contributed by atoms with van der Waals surface area (Å²) in [4.78, 5) is 13.6. The first kappa shape index (κ1) is 12.7. The normalized spacial score (nSPS) is 13.9. The molecule has 2 aromatic carbocycles. The van der Waals surface area contributed by atoms with E-state index in [-0.39, 0.29) is 11.5 Å². The molecule has 1 aliphatic heterocycles. The molecular formula is C17H17NO2. The van der Waals surface area contributed by atoms with Crippen LogP contribution in [-0.4, -0.2) is 17.4 Å². The number of benzene rings is 2. The van der Waals surface area contributed by atoms with Crippen molar-refractivity contribution >= 4 is 11.5 Å². The quantitative estimate of drug-likeness (QED) is 0.850. The van der Waals surface area contributed by atoms with E-state index in [9.17, 15) is 9.90 Å². The number of aromatic hydroxyl groups is 1. The van der Waals surface area contributed by atoms with Crippen molar-refractivity contribution in [2.75, 3.05) is 11.4 Å². The van der Waals surface area contributed by atoms with Crippen LogP contribution < -0.4 is 4.90 Å². The number of carbonyl (C=O) groups is 1. The number of phenols is 1. The van der Waals surface area contributed by atoms with Crippen LogP contribution in [0.1, 0.15) is 28.4 Å². The lowest BCUT2D eigenvalue weighted by molar-refractivity contribution is 0.101. The second kappa shape index (κ2) is 5.00. The fourth-order valence-corrected chi connectivity index (χ4v) is 2.73. The lowest BCUT2D eigenvalue weighted by atomic mass is 9.99. The van der Waals surface area contributed by atoms with Crippen molar-refractivity contribution in [1.29, 1.82) is 0 Å². The molecular weight excluding hydrogens is 250 g/mol. The van der Waals surface area contributed by atoms with Crippen LogP contribution in [0.3, 0.4) is 0 Å². The van der Waals surface area contributed by atoms with Gasteiger partial charge in [-0.2, -0.15) is 0 Å². The maximum Gasteiger partial charge on any atom is 0.163 e. The third kappa shape index (κ3) is 2.27. The molecule has 102 valence electrons. The topological polar surface area (TPSA) is 40.5 Å². The molecule has 0 saturated carbocycles. The molecule has 0 bridgehead atoms. The smallest absolute Gasteiger partial charge is 0.163 e. The maximum absolute atomic E-state index is 11.3. The third-order valence-electron chi connectivity index (χ3n) is 3.86. The monoisotopic (exact) mass is 267 g/mol. The van der Waals surface area contributed by atoms with Crippen LogP contribution >= 0.6 is 0 Å². The zero-order valence-electron chi connectivity index (χ0n) is 11.5. The Kier molecular flexibility index (Phi) is 3.18. The van der Waals surface area contributed by atoms with E-state index in [0.29, 0.717) is 5.56 Å². The molecule has 0 fully saturated rings. The van der Waals surface area contributed by atoms with E-state index in [4.69, 9.17) is 0 Å². The Balaban J connectivity index is 1.88. The highest BCUT2D eigenvalue weighted by molar-refractivity contribution is 5.97. The molecule has 0 saturated heterocycles. The van der Waals surface area contributed by atoms with Crippen molar-refractivity contribution < 1.29 is 9.90 Å². The molecule has 0 atom stereocenters. The predicted octanol–water partition coefficient (Wildman–Crippen LogP) is 3.16. The summed E-state index contributed by atoms with van der Waals surface area (Å²) in [6, 6.07) is 13.7. The van der Waals surface area contributed by atoms with Crippen molar-refractivity contribution in [2.45, 2.75) is 19.9 Å². The number of phenolic OH excluding ortho intramolecular Hbond substituents is 1. The first-order chi connectivity index (χ1) is 9.65. The Labute approximate surface area is 118 Å². The van der Waals surface area contributed by atoms with Crippen LogP contribution in [-0.2, 0) is 13.0 Å². The van der Waals surface area contributed by atoms with Gasteiger partial charge in [-0.05, 0) is 36.6 Å². The zero-order chi connectivity index (χ0) is 14.1. The number of ketones is 1. The number of hydrogen-bond donors (Lipinski definition) is 1. The molecule has 2 aromatic rings. The minimum Gasteiger partial charge on any atom is -0.507 e. The molecule has 3 nitrogen and oxygen atoms in total. The Morgan fingerprint density at radius 3 is 2.60 bits per heavy atom. The standard InChI is InChI=1S/C17H17NO2/c1-12(19)16-7-6-15(10-17(16)20)18-9-8-13-4-2-3-5-14(13)11-18/h2-7,10,20H,8-9,11H2,1H3. The van der Waals surface area contributed by atoms with Gasteiger partial charge in [0.15, 0.2) is 5.78 Å². The van der Waals surface area contributed by atoms with E-state index in [1.165, 1.54) is 18.1 Å². The lowest BCUT2D eigenvalue weighted by Crippen LogP contribution is -2.30. The summed E-state index contributed by atoms with van der Waals surface area (Å²) in [6.07, 6.45) is 1.01. The van der Waals surface area contributed by atoms with E-state index in [0.717, 1.165) is 25.2 Å².